The van der Waals surface area contributed by atoms with E-state index < -0.39 is 96.6 Å². The first kappa shape index (κ1) is 35.3. The highest BCUT2D eigenvalue weighted by Gasteiger charge is 2.54. The Hall–Kier alpha value is -3.86. The molecule has 8 atom stereocenters. The third-order valence-electron chi connectivity index (χ3n) is 5.55. The summed E-state index contributed by atoms with van der Waals surface area (Å²) >= 11 is 0.777. The van der Waals surface area contributed by atoms with E-state index in [0.717, 1.165) is 66.5 Å². The summed E-state index contributed by atoms with van der Waals surface area (Å²) in [6, 6.07) is 0. The number of hydrogen-bond acceptors (Lipinski definition) is 17. The lowest BCUT2D eigenvalue weighted by Crippen LogP contribution is -2.61. The van der Waals surface area contributed by atoms with Gasteiger partial charge in [-0.05, 0) is 0 Å². The van der Waals surface area contributed by atoms with Crippen LogP contribution in [0.25, 0.3) is 0 Å². The number of rotatable bonds is 11. The van der Waals surface area contributed by atoms with Gasteiger partial charge in [0.15, 0.2) is 36.6 Å². The Morgan fingerprint density at radius 2 is 1.02 bits per heavy atom. The maximum Gasteiger partial charge on any atom is 0.303 e. The summed E-state index contributed by atoms with van der Waals surface area (Å²) in [4.78, 5) is 83.4. The van der Waals surface area contributed by atoms with Crippen LogP contribution >= 0.6 is 11.8 Å². The molecule has 2 heterocycles. The van der Waals surface area contributed by atoms with Crippen LogP contribution < -0.4 is 0 Å². The Kier molecular flexibility index (Phi) is 13.2. The second-order valence-corrected chi connectivity index (χ2v) is 10.5. The zero-order valence-corrected chi connectivity index (χ0v) is 25.4. The minimum Gasteiger partial charge on any atom is -0.489 e. The quantitative estimate of drug-likeness (QED) is 0.224. The van der Waals surface area contributed by atoms with E-state index in [-0.39, 0.29) is 11.5 Å². The molecule has 0 bridgehead atoms. The van der Waals surface area contributed by atoms with Gasteiger partial charge in [-0.15, -0.1) is 0 Å². The zero-order chi connectivity index (χ0) is 32.4. The monoisotopic (exact) mass is 634 g/mol. The third-order valence-corrected chi connectivity index (χ3v) is 6.76. The molecule has 0 aromatic carbocycles. The largest absolute Gasteiger partial charge is 0.489 e. The van der Waals surface area contributed by atoms with Gasteiger partial charge >= 0.3 is 41.8 Å². The molecule has 0 radical (unpaired) electrons. The van der Waals surface area contributed by atoms with Crippen molar-refractivity contribution in [2.75, 3.05) is 13.2 Å². The lowest BCUT2D eigenvalue weighted by Gasteiger charge is -2.45. The van der Waals surface area contributed by atoms with Crippen LogP contribution in [0, 0.1) is 0 Å². The van der Waals surface area contributed by atoms with Crippen LogP contribution in [0.3, 0.4) is 0 Å². The fourth-order valence-corrected chi connectivity index (χ4v) is 5.37. The summed E-state index contributed by atoms with van der Waals surface area (Å²) in [5.74, 6) is -5.32. The van der Waals surface area contributed by atoms with Crippen molar-refractivity contribution >= 4 is 53.5 Å². The van der Waals surface area contributed by atoms with Gasteiger partial charge in [0.1, 0.15) is 24.8 Å². The highest BCUT2D eigenvalue weighted by atomic mass is 32.2. The molecule has 0 N–H and O–H groups in total. The molecule has 16 nitrogen and oxygen atoms in total. The van der Waals surface area contributed by atoms with Crippen molar-refractivity contribution in [3.63, 3.8) is 0 Å². The van der Waals surface area contributed by atoms with Crippen molar-refractivity contribution in [2.24, 2.45) is 0 Å². The average Bonchev–Trinajstić information content (AvgIpc) is 2.86. The van der Waals surface area contributed by atoms with Gasteiger partial charge in [0.05, 0.1) is 11.2 Å². The molecule has 0 aromatic heterocycles. The maximum absolute atomic E-state index is 12.1. The van der Waals surface area contributed by atoms with E-state index in [1.165, 1.54) is 0 Å². The van der Waals surface area contributed by atoms with E-state index in [1.807, 2.05) is 0 Å². The topological polar surface area (TPSA) is 203 Å². The number of esters is 7. The number of ether oxygens (including phenoxy) is 9. The Morgan fingerprint density at radius 1 is 0.581 bits per heavy atom. The van der Waals surface area contributed by atoms with Crippen molar-refractivity contribution < 1.29 is 76.2 Å². The van der Waals surface area contributed by atoms with Gasteiger partial charge in [-0.3, -0.25) is 33.6 Å². The molecule has 0 amide bonds. The van der Waals surface area contributed by atoms with Crippen LogP contribution in [0.4, 0.5) is 0 Å². The maximum atomic E-state index is 12.1. The van der Waals surface area contributed by atoms with Crippen LogP contribution in [0.2, 0.25) is 0 Å². The molecule has 2 aliphatic rings. The van der Waals surface area contributed by atoms with E-state index in [4.69, 9.17) is 42.6 Å². The number of carbonyl (C=O) groups excluding carboxylic acids is 7. The molecule has 1 saturated heterocycles. The fourth-order valence-electron chi connectivity index (χ4n) is 4.14. The lowest BCUT2D eigenvalue weighted by atomic mass is 9.99. The molecule has 0 aromatic rings. The first-order valence-electron chi connectivity index (χ1n) is 12.9. The van der Waals surface area contributed by atoms with Crippen molar-refractivity contribution in [3.8, 4) is 0 Å². The molecule has 8 unspecified atom stereocenters. The summed E-state index contributed by atoms with van der Waals surface area (Å²) in [6.45, 7) is 6.94. The molecular weight excluding hydrogens is 600 g/mol. The van der Waals surface area contributed by atoms with Gasteiger partial charge in [-0.25, -0.2) is 0 Å². The summed E-state index contributed by atoms with van der Waals surface area (Å²) in [5.41, 5.74) is -1.29. The van der Waals surface area contributed by atoms with Crippen molar-refractivity contribution in [1.29, 1.82) is 0 Å². The Balaban J connectivity index is 2.58. The van der Waals surface area contributed by atoms with Gasteiger partial charge < -0.3 is 42.6 Å². The third kappa shape index (κ3) is 11.1. The Morgan fingerprint density at radius 3 is 1.51 bits per heavy atom. The van der Waals surface area contributed by atoms with Gasteiger partial charge in [-0.1, -0.05) is 11.8 Å². The second kappa shape index (κ2) is 16.1. The van der Waals surface area contributed by atoms with Gasteiger partial charge in [0.2, 0.25) is 0 Å². The van der Waals surface area contributed by atoms with Gasteiger partial charge in [0, 0.05) is 48.5 Å². The Labute approximate surface area is 250 Å². The highest BCUT2D eigenvalue weighted by Crippen LogP contribution is 2.41. The summed E-state index contributed by atoms with van der Waals surface area (Å²) < 4.78 is 48.9. The van der Waals surface area contributed by atoms with E-state index in [9.17, 15) is 33.6 Å². The predicted octanol–water partition coefficient (Wildman–Crippen LogP) is 0.469. The SMILES string of the molecule is CC(=O)OCC1OC=C(SC2OC(COC(C)=O)C(OC(C)=O)C(OC(C)=O)C2OC(C)=O)C(OC(C)=O)C1OC(C)=O. The smallest absolute Gasteiger partial charge is 0.303 e. The number of carbonyl (C=O) groups is 7. The van der Waals surface area contributed by atoms with Gasteiger partial charge in [0.25, 0.3) is 0 Å². The molecule has 0 saturated carbocycles. The summed E-state index contributed by atoms with van der Waals surface area (Å²) in [7, 11) is 0. The molecule has 0 spiro atoms. The average molecular weight is 635 g/mol. The predicted molar refractivity (Wildman–Crippen MR) is 140 cm³/mol. The van der Waals surface area contributed by atoms with E-state index in [2.05, 4.69) is 0 Å². The minimum atomic E-state index is -1.45. The van der Waals surface area contributed by atoms with Crippen LogP contribution in [-0.4, -0.2) is 103 Å². The van der Waals surface area contributed by atoms with Crippen molar-refractivity contribution in [2.45, 2.75) is 96.6 Å². The normalized spacial score (nSPS) is 28.1. The fraction of sp³-hybridized carbons (Fsp3) is 0.654. The highest BCUT2D eigenvalue weighted by molar-refractivity contribution is 8.03. The lowest BCUT2D eigenvalue weighted by molar-refractivity contribution is -0.237. The molecular formula is C26H34O16S. The summed E-state index contributed by atoms with van der Waals surface area (Å²) in [5, 5.41) is 0. The minimum absolute atomic E-state index is 0.0847. The first-order valence-corrected chi connectivity index (χ1v) is 13.8. The molecule has 43 heavy (non-hydrogen) atoms. The molecule has 0 aliphatic carbocycles. The molecule has 1 fully saturated rings. The molecule has 17 heteroatoms. The molecule has 240 valence electrons. The van der Waals surface area contributed by atoms with E-state index >= 15 is 0 Å². The number of hydrogen-bond donors (Lipinski definition) is 0. The summed E-state index contributed by atoms with van der Waals surface area (Å²) in [6.07, 6.45) is -8.07. The molecule has 2 aliphatic heterocycles. The molecule has 2 rings (SSSR count). The zero-order valence-electron chi connectivity index (χ0n) is 24.6. The first-order chi connectivity index (χ1) is 20.1. The van der Waals surface area contributed by atoms with Crippen LogP contribution in [0.5, 0.6) is 0 Å². The van der Waals surface area contributed by atoms with E-state index in [1.54, 1.807) is 0 Å². The van der Waals surface area contributed by atoms with Crippen molar-refractivity contribution in [1.82, 2.24) is 0 Å². The van der Waals surface area contributed by atoms with Crippen LogP contribution in [0.15, 0.2) is 11.2 Å². The Bertz CT molecular complexity index is 1120. The van der Waals surface area contributed by atoms with Crippen LogP contribution in [0.1, 0.15) is 48.5 Å². The van der Waals surface area contributed by atoms with Gasteiger partial charge in [-0.2, -0.15) is 0 Å². The van der Waals surface area contributed by atoms with Crippen LogP contribution in [-0.2, 0) is 76.2 Å². The van der Waals surface area contributed by atoms with E-state index in [0.29, 0.717) is 0 Å². The standard InChI is InChI=1S/C26H34O16S/c1-11(27)34-8-18-21(37-13(3)29)23(39-15(5)31)20(10-36-18)43-26-25(41-17(7)33)24(40-16(6)32)22(38-14(4)30)19(42-26)9-35-12(2)28/h10,18-19,21-26H,8-9H2,1-7H3. The number of thioether (sulfide) groups is 1. The second-order valence-electron chi connectivity index (χ2n) is 9.29. The van der Waals surface area contributed by atoms with Crippen molar-refractivity contribution in [3.05, 3.63) is 11.2 Å².